The smallest absolute Gasteiger partial charge is 0.0510 e. The molecule has 82 valence electrons. The van der Waals surface area contributed by atoms with Gasteiger partial charge < -0.3 is 10.5 Å². The molecule has 2 fully saturated rings. The Morgan fingerprint density at radius 2 is 2.00 bits per heavy atom. The first-order valence-electron chi connectivity index (χ1n) is 6.06. The fourth-order valence-corrected chi connectivity index (χ4v) is 3.10. The van der Waals surface area contributed by atoms with Crippen LogP contribution in [-0.4, -0.2) is 19.3 Å². The lowest BCUT2D eigenvalue weighted by atomic mass is 9.67. The number of ether oxygens (including phenoxy) is 1. The normalized spacial score (nSPS) is 34.3. The number of hydrogen-bond donors (Lipinski definition) is 1. The maximum Gasteiger partial charge on any atom is 0.0510 e. The highest BCUT2D eigenvalue weighted by Gasteiger charge is 2.38. The maximum atomic E-state index is 6.41. The summed E-state index contributed by atoms with van der Waals surface area (Å²) < 4.78 is 5.43. The van der Waals surface area contributed by atoms with Crippen molar-refractivity contribution in [2.45, 2.75) is 51.5 Å². The van der Waals surface area contributed by atoms with Gasteiger partial charge in [0.05, 0.1) is 6.61 Å². The zero-order valence-electron chi connectivity index (χ0n) is 9.30. The van der Waals surface area contributed by atoms with E-state index in [4.69, 9.17) is 10.5 Å². The maximum absolute atomic E-state index is 6.41. The fraction of sp³-hybridized carbons (Fsp3) is 1.00. The summed E-state index contributed by atoms with van der Waals surface area (Å²) in [4.78, 5) is 0. The molecule has 0 amide bonds. The predicted octanol–water partition coefficient (Wildman–Crippen LogP) is 2.32. The molecule has 0 radical (unpaired) electrons. The summed E-state index contributed by atoms with van der Waals surface area (Å²) >= 11 is 0. The molecule has 0 aromatic rings. The molecule has 2 unspecified atom stereocenters. The Hall–Kier alpha value is -0.0800. The minimum atomic E-state index is 0.366. The highest BCUT2D eigenvalue weighted by Crippen LogP contribution is 2.41. The molecule has 2 atom stereocenters. The second-order valence-corrected chi connectivity index (χ2v) is 5.36. The van der Waals surface area contributed by atoms with Gasteiger partial charge in [0.2, 0.25) is 0 Å². The van der Waals surface area contributed by atoms with Gasteiger partial charge in [-0.1, -0.05) is 26.2 Å². The highest BCUT2D eigenvalue weighted by atomic mass is 16.5. The van der Waals surface area contributed by atoms with Crippen molar-refractivity contribution < 1.29 is 4.74 Å². The average Bonchev–Trinajstić information content (AvgIpc) is 2.70. The summed E-state index contributed by atoms with van der Waals surface area (Å²) in [5.41, 5.74) is 6.81. The van der Waals surface area contributed by atoms with Crippen LogP contribution in [0.25, 0.3) is 0 Å². The lowest BCUT2D eigenvalue weighted by Crippen LogP contribution is -2.46. The molecule has 1 aliphatic carbocycles. The molecule has 2 rings (SSSR count). The molecular weight excluding hydrogens is 174 g/mol. The second-order valence-electron chi connectivity index (χ2n) is 5.36. The lowest BCUT2D eigenvalue weighted by Gasteiger charge is -2.41. The van der Waals surface area contributed by atoms with E-state index in [9.17, 15) is 0 Å². The molecule has 2 nitrogen and oxygen atoms in total. The van der Waals surface area contributed by atoms with Gasteiger partial charge in [0.15, 0.2) is 0 Å². The Morgan fingerprint density at radius 3 is 2.57 bits per heavy atom. The molecule has 1 saturated carbocycles. The van der Waals surface area contributed by atoms with Crippen molar-refractivity contribution in [3.8, 4) is 0 Å². The van der Waals surface area contributed by atoms with Crippen molar-refractivity contribution >= 4 is 0 Å². The van der Waals surface area contributed by atoms with Gasteiger partial charge in [0, 0.05) is 18.6 Å². The molecule has 1 heterocycles. The summed E-state index contributed by atoms with van der Waals surface area (Å²) in [5.74, 6) is 0.623. The zero-order valence-corrected chi connectivity index (χ0v) is 9.30. The fourth-order valence-electron chi connectivity index (χ4n) is 3.10. The van der Waals surface area contributed by atoms with E-state index >= 15 is 0 Å². The van der Waals surface area contributed by atoms with Crippen LogP contribution in [0.5, 0.6) is 0 Å². The van der Waals surface area contributed by atoms with Gasteiger partial charge in [0.1, 0.15) is 0 Å². The predicted molar refractivity (Wildman–Crippen MR) is 58.1 cm³/mol. The van der Waals surface area contributed by atoms with E-state index < -0.39 is 0 Å². The van der Waals surface area contributed by atoms with E-state index in [1.54, 1.807) is 0 Å². The van der Waals surface area contributed by atoms with E-state index in [1.165, 1.54) is 38.5 Å². The van der Waals surface area contributed by atoms with Crippen LogP contribution in [0.3, 0.4) is 0 Å². The summed E-state index contributed by atoms with van der Waals surface area (Å²) in [6.07, 6.45) is 7.98. The summed E-state index contributed by atoms with van der Waals surface area (Å²) in [5, 5.41) is 0. The summed E-state index contributed by atoms with van der Waals surface area (Å²) in [6, 6.07) is 0.366. The molecule has 1 saturated heterocycles. The molecule has 2 heteroatoms. The van der Waals surface area contributed by atoms with Crippen molar-refractivity contribution in [3.05, 3.63) is 0 Å². The van der Waals surface area contributed by atoms with Gasteiger partial charge in [-0.2, -0.15) is 0 Å². The van der Waals surface area contributed by atoms with Gasteiger partial charge >= 0.3 is 0 Å². The number of nitrogens with two attached hydrogens (primary N) is 1. The van der Waals surface area contributed by atoms with E-state index in [0.29, 0.717) is 17.4 Å². The SMILES string of the molecule is CC1(C(N)C2CCOC2)CCCCC1. The molecular formula is C12H23NO. The van der Waals surface area contributed by atoms with Crippen LogP contribution in [0.4, 0.5) is 0 Å². The van der Waals surface area contributed by atoms with Crippen LogP contribution in [0.2, 0.25) is 0 Å². The minimum Gasteiger partial charge on any atom is -0.381 e. The van der Waals surface area contributed by atoms with Crippen molar-refractivity contribution in [1.82, 2.24) is 0 Å². The molecule has 0 bridgehead atoms. The summed E-state index contributed by atoms with van der Waals surface area (Å²) in [6.45, 7) is 4.21. The Kier molecular flexibility index (Phi) is 3.13. The van der Waals surface area contributed by atoms with Gasteiger partial charge in [-0.3, -0.25) is 0 Å². The Labute approximate surface area is 87.2 Å². The first kappa shape index (κ1) is 10.4. The second kappa shape index (κ2) is 4.19. The van der Waals surface area contributed by atoms with Crippen LogP contribution in [0.1, 0.15) is 45.4 Å². The quantitative estimate of drug-likeness (QED) is 0.737. The van der Waals surface area contributed by atoms with Crippen molar-refractivity contribution in [2.75, 3.05) is 13.2 Å². The van der Waals surface area contributed by atoms with Crippen LogP contribution in [0.15, 0.2) is 0 Å². The topological polar surface area (TPSA) is 35.2 Å². The summed E-state index contributed by atoms with van der Waals surface area (Å²) in [7, 11) is 0. The number of rotatable bonds is 2. The molecule has 1 aliphatic heterocycles. The number of hydrogen-bond acceptors (Lipinski definition) is 2. The van der Waals surface area contributed by atoms with Crippen molar-refractivity contribution in [2.24, 2.45) is 17.1 Å². The first-order valence-corrected chi connectivity index (χ1v) is 6.06. The van der Waals surface area contributed by atoms with E-state index in [2.05, 4.69) is 6.92 Å². The molecule has 14 heavy (non-hydrogen) atoms. The molecule has 0 aromatic carbocycles. The van der Waals surface area contributed by atoms with Crippen molar-refractivity contribution in [3.63, 3.8) is 0 Å². The Balaban J connectivity index is 1.96. The third-order valence-corrected chi connectivity index (χ3v) is 4.27. The van der Waals surface area contributed by atoms with E-state index in [1.807, 2.05) is 0 Å². The highest BCUT2D eigenvalue weighted by molar-refractivity contribution is 4.92. The Bertz CT molecular complexity index is 181. The molecule has 0 spiro atoms. The van der Waals surface area contributed by atoms with Crippen molar-refractivity contribution in [1.29, 1.82) is 0 Å². The van der Waals surface area contributed by atoms with Crippen LogP contribution in [0, 0.1) is 11.3 Å². The molecule has 2 aliphatic rings. The standard InChI is InChI=1S/C12H23NO/c1-12(6-3-2-4-7-12)11(13)10-5-8-14-9-10/h10-11H,2-9,13H2,1H3. The first-order chi connectivity index (χ1) is 6.72. The third-order valence-electron chi connectivity index (χ3n) is 4.27. The monoisotopic (exact) mass is 197 g/mol. The lowest BCUT2D eigenvalue weighted by molar-refractivity contribution is 0.113. The Morgan fingerprint density at radius 1 is 1.29 bits per heavy atom. The molecule has 0 aromatic heterocycles. The van der Waals surface area contributed by atoms with Gasteiger partial charge in [-0.25, -0.2) is 0 Å². The van der Waals surface area contributed by atoms with Gasteiger partial charge in [-0.05, 0) is 24.7 Å². The third kappa shape index (κ3) is 1.96. The largest absolute Gasteiger partial charge is 0.381 e. The van der Waals surface area contributed by atoms with Crippen LogP contribution < -0.4 is 5.73 Å². The average molecular weight is 197 g/mol. The zero-order chi connectivity index (χ0) is 10.0. The van der Waals surface area contributed by atoms with Gasteiger partial charge in [-0.15, -0.1) is 0 Å². The molecule has 2 N–H and O–H groups in total. The minimum absolute atomic E-state index is 0.366. The van der Waals surface area contributed by atoms with E-state index in [-0.39, 0.29) is 0 Å². The van der Waals surface area contributed by atoms with Gasteiger partial charge in [0.25, 0.3) is 0 Å². The van der Waals surface area contributed by atoms with E-state index in [0.717, 1.165) is 13.2 Å². The van der Waals surface area contributed by atoms with Crippen LogP contribution in [-0.2, 0) is 4.74 Å². The van der Waals surface area contributed by atoms with Crippen LogP contribution >= 0.6 is 0 Å².